The fraction of sp³-hybridized carbons (Fsp3) is 0.357. The van der Waals surface area contributed by atoms with Gasteiger partial charge in [-0.25, -0.2) is 0 Å². The fourth-order valence-electron chi connectivity index (χ4n) is 2.54. The summed E-state index contributed by atoms with van der Waals surface area (Å²) in [5.74, 6) is 0.0225. The summed E-state index contributed by atoms with van der Waals surface area (Å²) in [6.07, 6.45) is 1.05. The van der Waals surface area contributed by atoms with Crippen molar-refractivity contribution in [3.05, 3.63) is 30.0 Å². The number of carbonyl (C=O) groups excluding carboxylic acids is 1. The first-order chi connectivity index (χ1) is 9.17. The van der Waals surface area contributed by atoms with Crippen LogP contribution in [-0.2, 0) is 4.74 Å². The minimum atomic E-state index is 0.0225. The van der Waals surface area contributed by atoms with E-state index in [1.54, 1.807) is 7.11 Å². The van der Waals surface area contributed by atoms with E-state index in [0.29, 0.717) is 17.9 Å². The Balaban J connectivity index is 1.86. The molecule has 3 rings (SSSR count). The van der Waals surface area contributed by atoms with Crippen LogP contribution in [0.5, 0.6) is 0 Å². The van der Waals surface area contributed by atoms with Crippen LogP contribution in [0.15, 0.2) is 24.3 Å². The number of likely N-dealkylation sites (tertiary alicyclic amines) is 1. The Morgan fingerprint density at radius 1 is 1.47 bits per heavy atom. The minimum Gasteiger partial charge on any atom is -0.399 e. The van der Waals surface area contributed by atoms with Crippen molar-refractivity contribution in [2.45, 2.75) is 12.5 Å². The van der Waals surface area contributed by atoms with Gasteiger partial charge >= 0.3 is 0 Å². The van der Waals surface area contributed by atoms with Crippen LogP contribution in [-0.4, -0.2) is 42.1 Å². The van der Waals surface area contributed by atoms with Crippen LogP contribution < -0.4 is 5.73 Å². The Morgan fingerprint density at radius 3 is 3.05 bits per heavy atom. The maximum Gasteiger partial charge on any atom is 0.270 e. The number of H-pyrrole nitrogens is 1. The van der Waals surface area contributed by atoms with Crippen molar-refractivity contribution in [3.8, 4) is 0 Å². The van der Waals surface area contributed by atoms with Gasteiger partial charge in [-0.15, -0.1) is 0 Å². The van der Waals surface area contributed by atoms with Crippen LogP contribution in [0.25, 0.3) is 10.9 Å². The van der Waals surface area contributed by atoms with Crippen LogP contribution in [0.4, 0.5) is 5.69 Å². The SMILES string of the molecule is COC1CCN(C(=O)c2cc3cc(N)ccc3[nH]2)C1. The lowest BCUT2D eigenvalue weighted by Crippen LogP contribution is -2.30. The molecular formula is C14H17N3O2. The van der Waals surface area contributed by atoms with E-state index in [1.807, 2.05) is 29.2 Å². The van der Waals surface area contributed by atoms with E-state index in [2.05, 4.69) is 4.98 Å². The molecule has 0 aliphatic carbocycles. The highest BCUT2D eigenvalue weighted by molar-refractivity contribution is 5.98. The normalized spacial score (nSPS) is 19.2. The van der Waals surface area contributed by atoms with E-state index >= 15 is 0 Å². The molecule has 1 aromatic carbocycles. The third kappa shape index (κ3) is 2.17. The molecule has 19 heavy (non-hydrogen) atoms. The molecule has 0 spiro atoms. The summed E-state index contributed by atoms with van der Waals surface area (Å²) in [4.78, 5) is 17.3. The highest BCUT2D eigenvalue weighted by Crippen LogP contribution is 2.21. The number of ether oxygens (including phenoxy) is 1. The number of nitrogens with zero attached hydrogens (tertiary/aromatic N) is 1. The zero-order valence-corrected chi connectivity index (χ0v) is 10.8. The van der Waals surface area contributed by atoms with Gasteiger partial charge in [0.05, 0.1) is 6.10 Å². The van der Waals surface area contributed by atoms with Crippen LogP contribution in [0.1, 0.15) is 16.9 Å². The topological polar surface area (TPSA) is 71.3 Å². The molecule has 1 amide bonds. The van der Waals surface area contributed by atoms with Crippen molar-refractivity contribution in [3.63, 3.8) is 0 Å². The number of aromatic nitrogens is 1. The number of nitrogens with one attached hydrogen (secondary N) is 1. The molecule has 2 aromatic rings. The highest BCUT2D eigenvalue weighted by atomic mass is 16.5. The zero-order valence-electron chi connectivity index (χ0n) is 10.8. The van der Waals surface area contributed by atoms with Gasteiger partial charge in [0.25, 0.3) is 5.91 Å². The number of nitrogens with two attached hydrogens (primary N) is 1. The molecular weight excluding hydrogens is 242 g/mol. The Morgan fingerprint density at radius 2 is 2.32 bits per heavy atom. The second kappa shape index (κ2) is 4.59. The van der Waals surface area contributed by atoms with Crippen LogP contribution >= 0.6 is 0 Å². The van der Waals surface area contributed by atoms with Gasteiger partial charge < -0.3 is 20.4 Å². The number of hydrogen-bond acceptors (Lipinski definition) is 3. The monoisotopic (exact) mass is 259 g/mol. The Kier molecular flexibility index (Phi) is 2.91. The lowest BCUT2D eigenvalue weighted by Gasteiger charge is -2.14. The third-order valence-electron chi connectivity index (χ3n) is 3.64. The molecule has 1 aliphatic rings. The molecule has 1 aromatic heterocycles. The molecule has 1 atom stereocenters. The standard InChI is InChI=1S/C14H17N3O2/c1-19-11-4-5-17(8-11)14(18)13-7-9-6-10(15)2-3-12(9)16-13/h2-3,6-7,11,16H,4-5,8,15H2,1H3. The largest absolute Gasteiger partial charge is 0.399 e. The highest BCUT2D eigenvalue weighted by Gasteiger charge is 2.27. The number of benzene rings is 1. The lowest BCUT2D eigenvalue weighted by molar-refractivity contribution is 0.0720. The predicted molar refractivity (Wildman–Crippen MR) is 74.0 cm³/mol. The number of fused-ring (bicyclic) bond motifs is 1. The number of rotatable bonds is 2. The number of amides is 1. The second-order valence-electron chi connectivity index (χ2n) is 4.93. The quantitative estimate of drug-likeness (QED) is 0.805. The van der Waals surface area contributed by atoms with E-state index in [1.165, 1.54) is 0 Å². The van der Waals surface area contributed by atoms with Gasteiger partial charge in [0, 0.05) is 36.8 Å². The molecule has 0 bridgehead atoms. The van der Waals surface area contributed by atoms with Crippen molar-refractivity contribution in [1.29, 1.82) is 0 Å². The molecule has 1 aliphatic heterocycles. The van der Waals surface area contributed by atoms with Crippen LogP contribution in [0.2, 0.25) is 0 Å². The van der Waals surface area contributed by atoms with Crippen molar-refractivity contribution in [2.24, 2.45) is 0 Å². The van der Waals surface area contributed by atoms with E-state index in [4.69, 9.17) is 10.5 Å². The first-order valence-corrected chi connectivity index (χ1v) is 6.37. The number of carbonyl (C=O) groups is 1. The van der Waals surface area contributed by atoms with Gasteiger partial charge in [-0.1, -0.05) is 0 Å². The van der Waals surface area contributed by atoms with E-state index in [9.17, 15) is 4.79 Å². The molecule has 0 saturated carbocycles. The number of anilines is 1. The second-order valence-corrected chi connectivity index (χ2v) is 4.93. The molecule has 1 fully saturated rings. The molecule has 2 heterocycles. The minimum absolute atomic E-state index is 0.0225. The van der Waals surface area contributed by atoms with E-state index in [-0.39, 0.29) is 12.0 Å². The number of aromatic amines is 1. The summed E-state index contributed by atoms with van der Waals surface area (Å²) in [7, 11) is 1.68. The predicted octanol–water partition coefficient (Wildman–Crippen LogP) is 1.61. The summed E-state index contributed by atoms with van der Waals surface area (Å²) in [6.45, 7) is 1.40. The van der Waals surface area contributed by atoms with Gasteiger partial charge in [-0.2, -0.15) is 0 Å². The van der Waals surface area contributed by atoms with Gasteiger partial charge in [0.1, 0.15) is 5.69 Å². The average molecular weight is 259 g/mol. The maximum absolute atomic E-state index is 12.4. The molecule has 3 N–H and O–H groups in total. The first-order valence-electron chi connectivity index (χ1n) is 6.37. The van der Waals surface area contributed by atoms with Crippen molar-refractivity contribution in [1.82, 2.24) is 9.88 Å². The van der Waals surface area contributed by atoms with Crippen molar-refractivity contribution >= 4 is 22.5 Å². The summed E-state index contributed by atoms with van der Waals surface area (Å²) in [5, 5.41) is 0.964. The van der Waals surface area contributed by atoms with Gasteiger partial charge in [0.2, 0.25) is 0 Å². The zero-order chi connectivity index (χ0) is 13.4. The van der Waals surface area contributed by atoms with Gasteiger partial charge in [-0.05, 0) is 30.7 Å². The smallest absolute Gasteiger partial charge is 0.270 e. The van der Waals surface area contributed by atoms with E-state index in [0.717, 1.165) is 23.9 Å². The Bertz CT molecular complexity index is 620. The van der Waals surface area contributed by atoms with Crippen LogP contribution in [0.3, 0.4) is 0 Å². The molecule has 0 radical (unpaired) electrons. The third-order valence-corrected chi connectivity index (χ3v) is 3.64. The number of nitrogen functional groups attached to an aromatic ring is 1. The summed E-state index contributed by atoms with van der Waals surface area (Å²) < 4.78 is 5.28. The van der Waals surface area contributed by atoms with Crippen molar-refractivity contribution < 1.29 is 9.53 Å². The van der Waals surface area contributed by atoms with Crippen molar-refractivity contribution in [2.75, 3.05) is 25.9 Å². The van der Waals surface area contributed by atoms with Gasteiger partial charge in [0.15, 0.2) is 0 Å². The van der Waals surface area contributed by atoms with Gasteiger partial charge in [-0.3, -0.25) is 4.79 Å². The summed E-state index contributed by atoms with van der Waals surface area (Å²) >= 11 is 0. The summed E-state index contributed by atoms with van der Waals surface area (Å²) in [5.41, 5.74) is 7.98. The number of hydrogen-bond donors (Lipinski definition) is 2. The molecule has 5 nitrogen and oxygen atoms in total. The number of methoxy groups -OCH3 is 1. The molecule has 1 saturated heterocycles. The van der Waals surface area contributed by atoms with Crippen LogP contribution in [0, 0.1) is 0 Å². The summed E-state index contributed by atoms with van der Waals surface area (Å²) in [6, 6.07) is 7.44. The average Bonchev–Trinajstić information content (AvgIpc) is 3.03. The Labute approximate surface area is 111 Å². The fourth-order valence-corrected chi connectivity index (χ4v) is 2.54. The Hall–Kier alpha value is -2.01. The molecule has 100 valence electrons. The first kappa shape index (κ1) is 12.0. The lowest BCUT2D eigenvalue weighted by atomic mass is 10.2. The van der Waals surface area contributed by atoms with E-state index < -0.39 is 0 Å². The maximum atomic E-state index is 12.4. The molecule has 1 unspecified atom stereocenters. The molecule has 5 heteroatoms.